The van der Waals surface area contributed by atoms with Gasteiger partial charge >= 0.3 is 0 Å². The highest BCUT2D eigenvalue weighted by Crippen LogP contribution is 2.45. The van der Waals surface area contributed by atoms with Gasteiger partial charge in [0.25, 0.3) is 0 Å². The third-order valence-electron chi connectivity index (χ3n) is 5.78. The maximum atomic E-state index is 13.4. The number of anilines is 1. The third-order valence-corrected chi connectivity index (χ3v) is 6.82. The summed E-state index contributed by atoms with van der Waals surface area (Å²) in [6.45, 7) is 0. The first-order valence-electron chi connectivity index (χ1n) is 9.59. The quantitative estimate of drug-likeness (QED) is 0.544. The number of aromatic nitrogens is 4. The summed E-state index contributed by atoms with van der Waals surface area (Å²) in [6, 6.07) is 13.9. The van der Waals surface area contributed by atoms with E-state index in [0.29, 0.717) is 12.4 Å². The Bertz CT molecular complexity index is 1270. The summed E-state index contributed by atoms with van der Waals surface area (Å²) in [6.07, 6.45) is 4.66. The number of carbonyl (C=O) groups excluding carboxylic acids is 1. The second kappa shape index (κ2) is 6.35. The first-order valence-corrected chi connectivity index (χ1v) is 10.5. The minimum atomic E-state index is -0.298. The Morgan fingerprint density at radius 3 is 2.90 bits per heavy atom. The van der Waals surface area contributed by atoms with Crippen molar-refractivity contribution in [1.29, 1.82) is 0 Å². The summed E-state index contributed by atoms with van der Waals surface area (Å²) in [5.74, 6) is 1.05. The van der Waals surface area contributed by atoms with E-state index in [2.05, 4.69) is 37.9 Å². The van der Waals surface area contributed by atoms with E-state index in [1.165, 1.54) is 4.88 Å². The van der Waals surface area contributed by atoms with Crippen molar-refractivity contribution in [2.24, 2.45) is 0 Å². The highest BCUT2D eigenvalue weighted by atomic mass is 32.1. The molecular weight excluding hydrogens is 382 g/mol. The molecule has 0 saturated heterocycles. The van der Waals surface area contributed by atoms with Gasteiger partial charge in [-0.3, -0.25) is 9.78 Å². The molecule has 6 rings (SSSR count). The van der Waals surface area contributed by atoms with E-state index >= 15 is 0 Å². The van der Waals surface area contributed by atoms with Crippen LogP contribution in [-0.2, 0) is 4.79 Å². The summed E-state index contributed by atoms with van der Waals surface area (Å²) < 4.78 is 1.82. The van der Waals surface area contributed by atoms with E-state index in [9.17, 15) is 4.79 Å². The van der Waals surface area contributed by atoms with Gasteiger partial charge in [-0.2, -0.15) is 10.1 Å². The molecule has 1 N–H and O–H groups in total. The number of thiophene rings is 1. The van der Waals surface area contributed by atoms with Crippen molar-refractivity contribution in [3.63, 3.8) is 0 Å². The normalized spacial score (nSPS) is 21.0. The lowest BCUT2D eigenvalue weighted by Crippen LogP contribution is -2.33. The molecule has 1 aromatic carbocycles. The number of carbonyl (C=O) groups is 1. The summed E-state index contributed by atoms with van der Waals surface area (Å²) in [5.41, 5.74) is 3.70. The van der Waals surface area contributed by atoms with Gasteiger partial charge in [-0.05, 0) is 35.6 Å². The highest BCUT2D eigenvalue weighted by molar-refractivity contribution is 7.10. The molecule has 1 aliphatic carbocycles. The Kier molecular flexibility index (Phi) is 3.64. The van der Waals surface area contributed by atoms with Crippen molar-refractivity contribution in [1.82, 2.24) is 19.7 Å². The SMILES string of the molecule is O=C1C[C@H](c2cccs2)CC2=C1[C@@H](c1ccnc3ccccc13)n1ncnc1N2. The van der Waals surface area contributed by atoms with Gasteiger partial charge in [-0.1, -0.05) is 24.3 Å². The van der Waals surface area contributed by atoms with Crippen molar-refractivity contribution >= 4 is 34.0 Å². The molecule has 142 valence electrons. The van der Waals surface area contributed by atoms with Crippen LogP contribution in [0.1, 0.15) is 35.2 Å². The van der Waals surface area contributed by atoms with E-state index in [1.807, 2.05) is 35.0 Å². The van der Waals surface area contributed by atoms with Crippen molar-refractivity contribution in [2.75, 3.05) is 5.32 Å². The van der Waals surface area contributed by atoms with Gasteiger partial charge in [0.2, 0.25) is 5.95 Å². The molecule has 0 bridgehead atoms. The van der Waals surface area contributed by atoms with Crippen LogP contribution in [0.15, 0.2) is 71.6 Å². The largest absolute Gasteiger partial charge is 0.328 e. The average Bonchev–Trinajstić information content (AvgIpc) is 3.44. The van der Waals surface area contributed by atoms with Gasteiger partial charge in [-0.15, -0.1) is 11.3 Å². The first kappa shape index (κ1) is 16.6. The molecule has 2 atom stereocenters. The van der Waals surface area contributed by atoms with Crippen LogP contribution in [-0.4, -0.2) is 25.5 Å². The molecule has 6 nitrogen and oxygen atoms in total. The summed E-state index contributed by atoms with van der Waals surface area (Å²) in [4.78, 5) is 23.6. The first-order chi connectivity index (χ1) is 14.3. The second-order valence-corrected chi connectivity index (χ2v) is 8.39. The molecule has 1 aliphatic heterocycles. The lowest BCUT2D eigenvalue weighted by atomic mass is 9.79. The van der Waals surface area contributed by atoms with Gasteiger partial charge in [0.15, 0.2) is 5.78 Å². The Hall–Kier alpha value is -3.32. The van der Waals surface area contributed by atoms with Crippen LogP contribution in [0.4, 0.5) is 5.95 Å². The predicted molar refractivity (Wildman–Crippen MR) is 112 cm³/mol. The van der Waals surface area contributed by atoms with Crippen molar-refractivity contribution in [3.05, 3.63) is 82.1 Å². The van der Waals surface area contributed by atoms with Crippen LogP contribution in [0, 0.1) is 0 Å². The molecule has 0 spiro atoms. The molecule has 0 radical (unpaired) electrons. The molecular formula is C22H17N5OS. The van der Waals surface area contributed by atoms with Crippen LogP contribution in [0.25, 0.3) is 10.9 Å². The molecule has 7 heteroatoms. The van der Waals surface area contributed by atoms with E-state index in [1.54, 1.807) is 23.9 Å². The topological polar surface area (TPSA) is 72.7 Å². The number of fused-ring (bicyclic) bond motifs is 2. The van der Waals surface area contributed by atoms with E-state index in [0.717, 1.165) is 34.2 Å². The van der Waals surface area contributed by atoms with Gasteiger partial charge in [-0.25, -0.2) is 4.68 Å². The molecule has 29 heavy (non-hydrogen) atoms. The van der Waals surface area contributed by atoms with Crippen LogP contribution in [0.3, 0.4) is 0 Å². The smallest absolute Gasteiger partial charge is 0.226 e. The van der Waals surface area contributed by atoms with Gasteiger partial charge in [0.1, 0.15) is 12.4 Å². The zero-order valence-electron chi connectivity index (χ0n) is 15.4. The van der Waals surface area contributed by atoms with Gasteiger partial charge in [0.05, 0.1) is 5.52 Å². The number of hydrogen-bond donors (Lipinski definition) is 1. The second-order valence-electron chi connectivity index (χ2n) is 7.41. The molecule has 0 saturated carbocycles. The number of hydrogen-bond acceptors (Lipinski definition) is 6. The van der Waals surface area contributed by atoms with Crippen LogP contribution in [0.5, 0.6) is 0 Å². The van der Waals surface area contributed by atoms with E-state index in [4.69, 9.17) is 0 Å². The number of nitrogens with zero attached hydrogens (tertiary/aromatic N) is 4. The minimum Gasteiger partial charge on any atom is -0.328 e. The fourth-order valence-corrected chi connectivity index (χ4v) is 5.35. The number of Topliss-reactive ketones (excluding diaryl/α,β-unsaturated/α-hetero) is 1. The third kappa shape index (κ3) is 2.54. The number of para-hydroxylation sites is 1. The van der Waals surface area contributed by atoms with Crippen LogP contribution < -0.4 is 5.32 Å². The number of ketones is 1. The maximum Gasteiger partial charge on any atom is 0.226 e. The lowest BCUT2D eigenvalue weighted by molar-refractivity contribution is -0.116. The Morgan fingerprint density at radius 2 is 2.00 bits per heavy atom. The number of allylic oxidation sites excluding steroid dienone is 2. The summed E-state index contributed by atoms with van der Waals surface area (Å²) in [7, 11) is 0. The standard InChI is InChI=1S/C22H17N5OS/c28-18-11-13(19-6-3-9-29-19)10-17-20(18)21(27-22(26-17)24-12-25-27)15-7-8-23-16-5-2-1-4-14(15)16/h1-9,12-13,21H,10-11H2,(H,24,25,26)/t13-,21-/m1/s1. The van der Waals surface area contributed by atoms with E-state index < -0.39 is 0 Å². The molecule has 0 amide bonds. The number of pyridine rings is 1. The molecule has 4 heterocycles. The number of benzene rings is 1. The zero-order valence-corrected chi connectivity index (χ0v) is 16.3. The van der Waals surface area contributed by atoms with Crippen molar-refractivity contribution < 1.29 is 4.79 Å². The summed E-state index contributed by atoms with van der Waals surface area (Å²) in [5, 5.41) is 10.9. The molecule has 4 aromatic rings. The Morgan fingerprint density at radius 1 is 1.07 bits per heavy atom. The van der Waals surface area contributed by atoms with Crippen molar-refractivity contribution in [3.8, 4) is 0 Å². The van der Waals surface area contributed by atoms with E-state index in [-0.39, 0.29) is 17.7 Å². The fourth-order valence-electron chi connectivity index (χ4n) is 4.52. The molecule has 3 aromatic heterocycles. The molecule has 0 fully saturated rings. The van der Waals surface area contributed by atoms with Crippen LogP contribution in [0.2, 0.25) is 0 Å². The molecule has 2 aliphatic rings. The Labute approximate surface area is 170 Å². The molecule has 0 unspecified atom stereocenters. The van der Waals surface area contributed by atoms with Crippen LogP contribution >= 0.6 is 11.3 Å². The number of nitrogens with one attached hydrogen (secondary N) is 1. The monoisotopic (exact) mass is 399 g/mol. The summed E-state index contributed by atoms with van der Waals surface area (Å²) >= 11 is 1.71. The average molecular weight is 399 g/mol. The predicted octanol–water partition coefficient (Wildman–Crippen LogP) is 4.30. The number of rotatable bonds is 2. The van der Waals surface area contributed by atoms with Gasteiger partial charge in [0, 0.05) is 40.1 Å². The minimum absolute atomic E-state index is 0.171. The fraction of sp³-hybridized carbons (Fsp3) is 0.182. The zero-order chi connectivity index (χ0) is 19.4. The van der Waals surface area contributed by atoms with Gasteiger partial charge < -0.3 is 5.32 Å². The Balaban J connectivity index is 1.55. The maximum absolute atomic E-state index is 13.4. The van der Waals surface area contributed by atoms with Crippen molar-refractivity contribution in [2.45, 2.75) is 24.8 Å². The lowest BCUT2D eigenvalue weighted by Gasteiger charge is -2.35. The highest BCUT2D eigenvalue weighted by Gasteiger charge is 2.39.